The van der Waals surface area contributed by atoms with Crippen LogP contribution >= 0.6 is 11.6 Å². The Kier molecular flexibility index (Phi) is 5.40. The molecule has 1 aromatic carbocycles. The van der Waals surface area contributed by atoms with Gasteiger partial charge in [-0.15, -0.1) is 11.6 Å². The van der Waals surface area contributed by atoms with Crippen molar-refractivity contribution in [1.29, 1.82) is 0 Å². The van der Waals surface area contributed by atoms with Gasteiger partial charge in [0.1, 0.15) is 0 Å². The minimum Gasteiger partial charge on any atom is -0.312 e. The van der Waals surface area contributed by atoms with E-state index in [1.165, 1.54) is 0 Å². The average molecular weight is 308 g/mol. The van der Waals surface area contributed by atoms with Crippen LogP contribution in [0.2, 0.25) is 0 Å². The van der Waals surface area contributed by atoms with Gasteiger partial charge < -0.3 is 4.90 Å². The van der Waals surface area contributed by atoms with Gasteiger partial charge in [-0.1, -0.05) is 13.8 Å². The molecule has 0 atom stereocenters. The van der Waals surface area contributed by atoms with Crippen LogP contribution in [0.3, 0.4) is 0 Å². The molecule has 1 aliphatic heterocycles. The molecule has 0 unspecified atom stereocenters. The summed E-state index contributed by atoms with van der Waals surface area (Å²) in [5.41, 5.74) is 2.80. The Morgan fingerprint density at radius 3 is 2.76 bits per heavy atom. The summed E-state index contributed by atoms with van der Waals surface area (Å²) in [6.45, 7) is 4.60. The monoisotopic (exact) mass is 307 g/mol. The molecule has 21 heavy (non-hydrogen) atoms. The topological polar surface area (TPSA) is 37.4 Å². The normalized spacial score (nSPS) is 14.2. The smallest absolute Gasteiger partial charge is 0.229 e. The fraction of sp³-hybridized carbons (Fsp3) is 0.529. The molecule has 0 saturated heterocycles. The Morgan fingerprint density at radius 2 is 2.10 bits per heavy atom. The second-order valence-electron chi connectivity index (χ2n) is 5.81. The minimum absolute atomic E-state index is 0.0130. The summed E-state index contributed by atoms with van der Waals surface area (Å²) in [6.07, 6.45) is 3.06. The van der Waals surface area contributed by atoms with Crippen molar-refractivity contribution in [3.63, 3.8) is 0 Å². The fourth-order valence-corrected chi connectivity index (χ4v) is 2.82. The summed E-state index contributed by atoms with van der Waals surface area (Å²) in [6, 6.07) is 5.70. The van der Waals surface area contributed by atoms with Gasteiger partial charge in [-0.05, 0) is 43.0 Å². The number of fused-ring (bicyclic) bond motifs is 1. The van der Waals surface area contributed by atoms with Crippen molar-refractivity contribution in [2.45, 2.75) is 39.5 Å². The third-order valence-electron chi connectivity index (χ3n) is 3.82. The summed E-state index contributed by atoms with van der Waals surface area (Å²) in [5, 5.41) is 0. The number of carbonyl (C=O) groups is 2. The van der Waals surface area contributed by atoms with Crippen molar-refractivity contribution in [2.75, 3.05) is 17.3 Å². The van der Waals surface area contributed by atoms with Gasteiger partial charge in [-0.25, -0.2) is 0 Å². The number of Topliss-reactive ketones (excluding diaryl/α,β-unsaturated/α-hetero) is 1. The lowest BCUT2D eigenvalue weighted by Crippen LogP contribution is -2.38. The number of alkyl halides is 1. The lowest BCUT2D eigenvalue weighted by molar-refractivity contribution is -0.121. The molecule has 0 saturated carbocycles. The Morgan fingerprint density at radius 1 is 1.33 bits per heavy atom. The number of benzene rings is 1. The van der Waals surface area contributed by atoms with Gasteiger partial charge in [-0.2, -0.15) is 0 Å². The highest BCUT2D eigenvalue weighted by atomic mass is 35.5. The molecule has 0 radical (unpaired) electrons. The molecule has 114 valence electrons. The van der Waals surface area contributed by atoms with Crippen LogP contribution in [-0.2, 0) is 11.2 Å². The molecular formula is C17H22ClNO2. The van der Waals surface area contributed by atoms with Gasteiger partial charge in [0.05, 0.1) is 0 Å². The highest BCUT2D eigenvalue weighted by molar-refractivity contribution is 6.18. The highest BCUT2D eigenvalue weighted by Crippen LogP contribution is 2.29. The van der Waals surface area contributed by atoms with Crippen molar-refractivity contribution in [2.24, 2.45) is 5.92 Å². The quantitative estimate of drug-likeness (QED) is 0.612. The van der Waals surface area contributed by atoms with Crippen molar-refractivity contribution < 1.29 is 9.59 Å². The van der Waals surface area contributed by atoms with E-state index in [9.17, 15) is 9.59 Å². The number of rotatable bonds is 5. The summed E-state index contributed by atoms with van der Waals surface area (Å²) in [5.74, 6) is 0.775. The molecule has 0 bridgehead atoms. The second kappa shape index (κ2) is 7.08. The zero-order chi connectivity index (χ0) is 15.4. The Balaban J connectivity index is 2.24. The minimum atomic E-state index is -0.0130. The van der Waals surface area contributed by atoms with Gasteiger partial charge in [0.25, 0.3) is 0 Å². The van der Waals surface area contributed by atoms with Crippen LogP contribution in [0, 0.1) is 5.92 Å². The van der Waals surface area contributed by atoms with E-state index in [1.807, 2.05) is 36.9 Å². The number of halogens is 1. The Hall–Kier alpha value is -1.35. The van der Waals surface area contributed by atoms with E-state index >= 15 is 0 Å². The maximum atomic E-state index is 12.3. The molecule has 0 spiro atoms. The number of aryl methyl sites for hydroxylation is 1. The zero-order valence-electron chi connectivity index (χ0n) is 12.7. The first-order valence-electron chi connectivity index (χ1n) is 7.58. The number of hydrogen-bond acceptors (Lipinski definition) is 2. The molecule has 1 aromatic rings. The molecule has 0 fully saturated rings. The van der Waals surface area contributed by atoms with Crippen molar-refractivity contribution in [3.05, 3.63) is 29.3 Å². The van der Waals surface area contributed by atoms with Gasteiger partial charge in [0.2, 0.25) is 5.91 Å². The molecule has 0 aromatic heterocycles. The zero-order valence-corrected chi connectivity index (χ0v) is 13.4. The molecule has 1 aliphatic rings. The van der Waals surface area contributed by atoms with E-state index in [0.29, 0.717) is 18.7 Å². The third-order valence-corrected chi connectivity index (χ3v) is 4.08. The molecule has 1 heterocycles. The van der Waals surface area contributed by atoms with Crippen LogP contribution < -0.4 is 4.90 Å². The molecule has 1 amide bonds. The van der Waals surface area contributed by atoms with Gasteiger partial charge in [0.15, 0.2) is 5.78 Å². The SMILES string of the molecule is CC(C)C(=O)N1CCCc2cc(C(=O)CCCCl)ccc21. The van der Waals surface area contributed by atoms with Crippen LogP contribution in [-0.4, -0.2) is 24.1 Å². The maximum Gasteiger partial charge on any atom is 0.229 e. The molecule has 2 rings (SSSR count). The van der Waals surface area contributed by atoms with Crippen LogP contribution in [0.4, 0.5) is 5.69 Å². The predicted molar refractivity (Wildman–Crippen MR) is 86.2 cm³/mol. The largest absolute Gasteiger partial charge is 0.312 e. The van der Waals surface area contributed by atoms with Crippen molar-refractivity contribution in [1.82, 2.24) is 0 Å². The summed E-state index contributed by atoms with van der Waals surface area (Å²) in [7, 11) is 0. The number of nitrogens with zero attached hydrogens (tertiary/aromatic N) is 1. The lowest BCUT2D eigenvalue weighted by atomic mass is 9.96. The molecule has 4 heteroatoms. The van der Waals surface area contributed by atoms with Crippen molar-refractivity contribution >= 4 is 29.0 Å². The summed E-state index contributed by atoms with van der Waals surface area (Å²) in [4.78, 5) is 26.2. The lowest BCUT2D eigenvalue weighted by Gasteiger charge is -2.31. The standard InChI is InChI=1S/C17H22ClNO2/c1-12(2)17(21)19-10-4-5-13-11-14(7-8-15(13)19)16(20)6-3-9-18/h7-8,11-12H,3-6,9-10H2,1-2H3. The first-order chi connectivity index (χ1) is 10.0. The molecule has 0 N–H and O–H groups in total. The molecule has 0 aliphatic carbocycles. The second-order valence-corrected chi connectivity index (χ2v) is 6.19. The summed E-state index contributed by atoms with van der Waals surface area (Å²) >= 11 is 5.64. The number of ketones is 1. The number of hydrogen-bond donors (Lipinski definition) is 0. The van der Waals surface area contributed by atoms with E-state index in [-0.39, 0.29) is 17.6 Å². The fourth-order valence-electron chi connectivity index (χ4n) is 2.68. The van der Waals surface area contributed by atoms with Crippen LogP contribution in [0.5, 0.6) is 0 Å². The van der Waals surface area contributed by atoms with E-state index in [4.69, 9.17) is 11.6 Å². The van der Waals surface area contributed by atoms with E-state index < -0.39 is 0 Å². The number of carbonyl (C=O) groups excluding carboxylic acids is 2. The summed E-state index contributed by atoms with van der Waals surface area (Å²) < 4.78 is 0. The molecule has 3 nitrogen and oxygen atoms in total. The third kappa shape index (κ3) is 3.65. The van der Waals surface area contributed by atoms with E-state index in [1.54, 1.807) is 0 Å². The molecular weight excluding hydrogens is 286 g/mol. The van der Waals surface area contributed by atoms with E-state index in [0.717, 1.165) is 36.2 Å². The van der Waals surface area contributed by atoms with E-state index in [2.05, 4.69) is 0 Å². The number of anilines is 1. The number of amides is 1. The predicted octanol–water partition coefficient (Wildman–Crippen LogP) is 3.82. The maximum absolute atomic E-state index is 12.3. The van der Waals surface area contributed by atoms with Gasteiger partial charge >= 0.3 is 0 Å². The van der Waals surface area contributed by atoms with Gasteiger partial charge in [-0.3, -0.25) is 9.59 Å². The van der Waals surface area contributed by atoms with Crippen LogP contribution in [0.25, 0.3) is 0 Å². The average Bonchev–Trinajstić information content (AvgIpc) is 2.50. The Labute approximate surface area is 131 Å². The van der Waals surface area contributed by atoms with Gasteiger partial charge in [0, 0.05) is 36.0 Å². The van der Waals surface area contributed by atoms with Crippen LogP contribution in [0.15, 0.2) is 18.2 Å². The first-order valence-corrected chi connectivity index (χ1v) is 8.11. The Bertz CT molecular complexity index is 540. The highest BCUT2D eigenvalue weighted by Gasteiger charge is 2.24. The first kappa shape index (κ1) is 16.0. The van der Waals surface area contributed by atoms with Crippen LogP contribution in [0.1, 0.15) is 49.0 Å². The van der Waals surface area contributed by atoms with Crippen molar-refractivity contribution in [3.8, 4) is 0 Å².